The SMILES string of the molecule is [2H]C([2H])([2H])c1cc(C([2H])([2H])[2H])c(OCBr)cc1OCBr. The van der Waals surface area contributed by atoms with Crippen molar-refractivity contribution in [3.8, 4) is 11.5 Å². The fourth-order valence-electron chi connectivity index (χ4n) is 0.918. The van der Waals surface area contributed by atoms with Crippen LogP contribution in [0.1, 0.15) is 19.4 Å². The Morgan fingerprint density at radius 3 is 1.93 bits per heavy atom. The van der Waals surface area contributed by atoms with Crippen molar-refractivity contribution in [2.75, 3.05) is 11.0 Å². The van der Waals surface area contributed by atoms with E-state index in [1.54, 1.807) is 0 Å². The Morgan fingerprint density at radius 1 is 1.07 bits per heavy atom. The van der Waals surface area contributed by atoms with E-state index in [1.165, 1.54) is 6.07 Å². The van der Waals surface area contributed by atoms with Gasteiger partial charge in [-0.15, -0.1) is 0 Å². The van der Waals surface area contributed by atoms with E-state index in [9.17, 15) is 0 Å². The molecule has 0 heterocycles. The quantitative estimate of drug-likeness (QED) is 0.783. The van der Waals surface area contributed by atoms with Gasteiger partial charge in [0, 0.05) is 14.3 Å². The molecule has 1 aromatic rings. The van der Waals surface area contributed by atoms with Crippen molar-refractivity contribution in [2.24, 2.45) is 0 Å². The van der Waals surface area contributed by atoms with E-state index in [4.69, 9.17) is 17.7 Å². The van der Waals surface area contributed by atoms with Gasteiger partial charge in [0.25, 0.3) is 0 Å². The molecule has 0 spiro atoms. The molecule has 1 aromatic carbocycles. The maximum absolute atomic E-state index is 7.47. The molecule has 0 aliphatic rings. The van der Waals surface area contributed by atoms with Crippen molar-refractivity contribution in [3.63, 3.8) is 0 Å². The Hall–Kier alpha value is -0.220. The van der Waals surface area contributed by atoms with E-state index < -0.39 is 13.7 Å². The van der Waals surface area contributed by atoms with Crippen molar-refractivity contribution < 1.29 is 17.7 Å². The summed E-state index contributed by atoms with van der Waals surface area (Å²) in [5.41, 5.74) is -0.163. The molecule has 0 aromatic heterocycles. The summed E-state index contributed by atoms with van der Waals surface area (Å²) < 4.78 is 55.2. The highest BCUT2D eigenvalue weighted by molar-refractivity contribution is 9.09. The topological polar surface area (TPSA) is 18.5 Å². The Balaban J connectivity index is 3.51. The zero-order valence-electron chi connectivity index (χ0n) is 13.1. The largest absolute Gasteiger partial charge is 0.482 e. The van der Waals surface area contributed by atoms with E-state index in [2.05, 4.69) is 31.9 Å². The molecule has 0 bridgehead atoms. The van der Waals surface area contributed by atoms with Crippen LogP contribution >= 0.6 is 31.9 Å². The summed E-state index contributed by atoms with van der Waals surface area (Å²) in [5.74, 6) is 0.122. The Morgan fingerprint density at radius 2 is 1.57 bits per heavy atom. The maximum atomic E-state index is 7.47. The van der Waals surface area contributed by atoms with Gasteiger partial charge < -0.3 is 9.47 Å². The lowest BCUT2D eigenvalue weighted by atomic mass is 10.1. The molecule has 0 aliphatic carbocycles. The molecule has 0 radical (unpaired) electrons. The van der Waals surface area contributed by atoms with Gasteiger partial charge in [-0.05, 0) is 62.8 Å². The molecular weight excluding hydrogens is 312 g/mol. The number of benzene rings is 1. The second-order valence-corrected chi connectivity index (χ2v) is 3.27. The number of halogens is 2. The van der Waals surface area contributed by atoms with Crippen molar-refractivity contribution in [1.82, 2.24) is 0 Å². The van der Waals surface area contributed by atoms with Crippen LogP contribution in [0.15, 0.2) is 12.1 Å². The molecule has 14 heavy (non-hydrogen) atoms. The van der Waals surface area contributed by atoms with Gasteiger partial charge in [0.15, 0.2) is 0 Å². The molecule has 2 nitrogen and oxygen atoms in total. The molecule has 4 heteroatoms. The molecule has 0 amide bonds. The summed E-state index contributed by atoms with van der Waals surface area (Å²) in [6.45, 7) is -4.96. The number of rotatable bonds is 4. The van der Waals surface area contributed by atoms with Gasteiger partial charge in [-0.1, -0.05) is 0 Å². The molecule has 0 saturated carbocycles. The first kappa shape index (κ1) is 5.75. The predicted octanol–water partition coefficient (Wildman–Crippen LogP) is 3.77. The highest BCUT2D eigenvalue weighted by Crippen LogP contribution is 2.28. The van der Waals surface area contributed by atoms with Crippen LogP contribution in [-0.2, 0) is 0 Å². The lowest BCUT2D eigenvalue weighted by Gasteiger charge is -2.11. The van der Waals surface area contributed by atoms with Crippen LogP contribution in [0, 0.1) is 13.7 Å². The zero-order valence-corrected chi connectivity index (χ0v) is 10.3. The van der Waals surface area contributed by atoms with Crippen molar-refractivity contribution in [2.45, 2.75) is 13.7 Å². The molecule has 0 atom stereocenters. The zero-order chi connectivity index (χ0) is 15.6. The normalized spacial score (nSPS) is 18.1. The summed E-state index contributed by atoms with van der Waals surface area (Å²) in [5, 5.41) is 0. The maximum Gasteiger partial charge on any atom is 0.143 e. The van der Waals surface area contributed by atoms with Gasteiger partial charge in [-0.3, -0.25) is 0 Å². The average Bonchev–Trinajstić information content (AvgIpc) is 2.26. The van der Waals surface area contributed by atoms with Gasteiger partial charge in [0.2, 0.25) is 0 Å². The summed E-state index contributed by atoms with van der Waals surface area (Å²) in [6, 6.07) is 2.38. The second-order valence-electron chi connectivity index (χ2n) is 2.35. The number of hydrogen-bond donors (Lipinski definition) is 0. The summed E-state index contributed by atoms with van der Waals surface area (Å²) in [7, 11) is 0. The number of ether oxygens (including phenoxy) is 2. The van der Waals surface area contributed by atoms with Gasteiger partial charge in [-0.25, -0.2) is 0 Å². The molecule has 0 N–H and O–H groups in total. The van der Waals surface area contributed by atoms with Crippen molar-refractivity contribution in [3.05, 3.63) is 23.3 Å². The fourth-order valence-corrected chi connectivity index (χ4v) is 1.41. The molecule has 78 valence electrons. The molecule has 0 aliphatic heterocycles. The van der Waals surface area contributed by atoms with Gasteiger partial charge in [0.1, 0.15) is 22.5 Å². The second kappa shape index (κ2) is 5.61. The third-order valence-corrected chi connectivity index (χ3v) is 1.96. The summed E-state index contributed by atoms with van der Waals surface area (Å²) >= 11 is 6.08. The Bertz CT molecular complexity index is 433. The Labute approximate surface area is 109 Å². The van der Waals surface area contributed by atoms with E-state index in [0.717, 1.165) is 6.07 Å². The van der Waals surface area contributed by atoms with Crippen molar-refractivity contribution in [1.29, 1.82) is 0 Å². The fraction of sp³-hybridized carbons (Fsp3) is 0.400. The summed E-state index contributed by atoms with van der Waals surface area (Å²) in [6.07, 6.45) is 0. The molecule has 1 rings (SSSR count). The average molecular weight is 330 g/mol. The number of aryl methyl sites for hydroxylation is 2. The van der Waals surface area contributed by atoms with E-state index in [0.29, 0.717) is 0 Å². The van der Waals surface area contributed by atoms with Gasteiger partial charge >= 0.3 is 0 Å². The van der Waals surface area contributed by atoms with Crippen LogP contribution in [-0.4, -0.2) is 11.0 Å². The first-order valence-corrected chi connectivity index (χ1v) is 5.92. The van der Waals surface area contributed by atoms with E-state index in [-0.39, 0.29) is 33.7 Å². The highest BCUT2D eigenvalue weighted by atomic mass is 79.9. The lowest BCUT2D eigenvalue weighted by Crippen LogP contribution is -1.96. The molecule has 0 saturated heterocycles. The van der Waals surface area contributed by atoms with E-state index in [1.807, 2.05) is 0 Å². The third kappa shape index (κ3) is 2.89. The van der Waals surface area contributed by atoms with Crippen molar-refractivity contribution >= 4 is 31.9 Å². The van der Waals surface area contributed by atoms with Crippen LogP contribution in [0.25, 0.3) is 0 Å². The van der Waals surface area contributed by atoms with E-state index >= 15 is 0 Å². The molecule has 0 fully saturated rings. The lowest BCUT2D eigenvalue weighted by molar-refractivity contribution is 0.374. The van der Waals surface area contributed by atoms with Crippen LogP contribution in [0.5, 0.6) is 11.5 Å². The van der Waals surface area contributed by atoms with Gasteiger partial charge in [0.05, 0.1) is 0 Å². The first-order valence-electron chi connectivity index (χ1n) is 6.67. The molecular formula is C10H12Br2O2. The number of hydrogen-bond acceptors (Lipinski definition) is 2. The number of alkyl halides is 2. The Kier molecular flexibility index (Phi) is 2.31. The molecule has 0 unspecified atom stereocenters. The monoisotopic (exact) mass is 328 g/mol. The predicted molar refractivity (Wildman–Crippen MR) is 64.8 cm³/mol. The summed E-state index contributed by atoms with van der Waals surface area (Å²) in [4.78, 5) is 0. The minimum absolute atomic E-state index is 0.0609. The van der Waals surface area contributed by atoms with Crippen LogP contribution < -0.4 is 9.47 Å². The first-order chi connectivity index (χ1) is 9.11. The third-order valence-electron chi connectivity index (χ3n) is 1.50. The standard InChI is InChI=1S/C10H12Br2O2/c1-7-3-8(2)10(14-6-12)4-9(7)13-5-11/h3-4H,5-6H2,1-2H3/i1D3,2D3. The van der Waals surface area contributed by atoms with Crippen LogP contribution in [0.3, 0.4) is 0 Å². The minimum atomic E-state index is -2.48. The van der Waals surface area contributed by atoms with Gasteiger partial charge in [-0.2, -0.15) is 0 Å². The highest BCUT2D eigenvalue weighted by Gasteiger charge is 2.05. The smallest absolute Gasteiger partial charge is 0.143 e. The van der Waals surface area contributed by atoms with Crippen LogP contribution in [0.2, 0.25) is 0 Å². The van der Waals surface area contributed by atoms with Crippen LogP contribution in [0.4, 0.5) is 0 Å². The minimum Gasteiger partial charge on any atom is -0.482 e.